The Balaban J connectivity index is 1.64. The molecule has 0 radical (unpaired) electrons. The lowest BCUT2D eigenvalue weighted by atomic mass is 9.88. The Hall–Kier alpha value is -2.66. The van der Waals surface area contributed by atoms with Gasteiger partial charge in [-0.2, -0.15) is 13.2 Å². The molecular formula is C21H27F3N4O4. The normalized spacial score (nSPS) is 25.1. The van der Waals surface area contributed by atoms with Gasteiger partial charge in [0.15, 0.2) is 0 Å². The summed E-state index contributed by atoms with van der Waals surface area (Å²) in [5, 5.41) is 20.9. The standard InChI is InChI=1S/C21H27F3N4O4/c22-21(23,24)14-9-16(26-11-14)28-19(31)15(8-13-6-7-25-18(13)30)17(29)20(32)27-10-12-4-2-1-3-5-12/h1-5,13-17,26,29H,6-11H2,(H,25,30)(H,27,32)(H,28,31)/t13-,14-,15+,16+,17?/m1/s1. The number of benzene rings is 1. The number of aliphatic hydroxyl groups is 1. The summed E-state index contributed by atoms with van der Waals surface area (Å²) in [6.45, 7) is 0.224. The van der Waals surface area contributed by atoms with Crippen LogP contribution in [0.25, 0.3) is 0 Å². The molecule has 11 heteroatoms. The highest BCUT2D eigenvalue weighted by Gasteiger charge is 2.45. The van der Waals surface area contributed by atoms with Gasteiger partial charge in [-0.25, -0.2) is 0 Å². The summed E-state index contributed by atoms with van der Waals surface area (Å²) in [6, 6.07) is 8.95. The Labute approximate surface area is 183 Å². The fraction of sp³-hybridized carbons (Fsp3) is 0.571. The Morgan fingerprint density at radius 1 is 1.19 bits per heavy atom. The first-order valence-corrected chi connectivity index (χ1v) is 10.5. The second kappa shape index (κ2) is 10.3. The monoisotopic (exact) mass is 456 g/mol. The molecule has 3 amide bonds. The maximum Gasteiger partial charge on any atom is 0.393 e. The Kier molecular flexibility index (Phi) is 7.73. The molecule has 2 saturated heterocycles. The van der Waals surface area contributed by atoms with Crippen LogP contribution in [0.5, 0.6) is 0 Å². The van der Waals surface area contributed by atoms with Gasteiger partial charge in [-0.15, -0.1) is 0 Å². The maximum atomic E-state index is 12.9. The molecule has 0 aromatic heterocycles. The van der Waals surface area contributed by atoms with Crippen LogP contribution in [0.15, 0.2) is 30.3 Å². The summed E-state index contributed by atoms with van der Waals surface area (Å²) in [7, 11) is 0. The van der Waals surface area contributed by atoms with Crippen LogP contribution in [0.4, 0.5) is 13.2 Å². The summed E-state index contributed by atoms with van der Waals surface area (Å²) in [6.07, 6.45) is -7.07. The predicted octanol–water partition coefficient (Wildman–Crippen LogP) is 0.420. The molecule has 0 bridgehead atoms. The van der Waals surface area contributed by atoms with Crippen molar-refractivity contribution in [1.29, 1.82) is 0 Å². The molecule has 8 nitrogen and oxygen atoms in total. The Bertz CT molecular complexity index is 821. The van der Waals surface area contributed by atoms with Crippen molar-refractivity contribution in [2.45, 2.75) is 44.3 Å². The lowest BCUT2D eigenvalue weighted by Gasteiger charge is -2.25. The quantitative estimate of drug-likeness (QED) is 0.389. The minimum Gasteiger partial charge on any atom is -0.382 e. The lowest BCUT2D eigenvalue weighted by Crippen LogP contribution is -2.50. The van der Waals surface area contributed by atoms with Gasteiger partial charge < -0.3 is 21.1 Å². The number of hydrogen-bond acceptors (Lipinski definition) is 5. The van der Waals surface area contributed by atoms with E-state index in [1.165, 1.54) is 0 Å². The number of rotatable bonds is 8. The summed E-state index contributed by atoms with van der Waals surface area (Å²) in [5.41, 5.74) is 0.789. The first-order valence-electron chi connectivity index (χ1n) is 10.5. The van der Waals surface area contributed by atoms with Gasteiger partial charge in [-0.3, -0.25) is 19.7 Å². The molecule has 0 spiro atoms. The third-order valence-corrected chi connectivity index (χ3v) is 5.91. The molecule has 2 heterocycles. The highest BCUT2D eigenvalue weighted by molar-refractivity contribution is 5.90. The number of carbonyl (C=O) groups is 3. The van der Waals surface area contributed by atoms with Gasteiger partial charge in [-0.1, -0.05) is 30.3 Å². The van der Waals surface area contributed by atoms with Crippen LogP contribution >= 0.6 is 0 Å². The molecule has 0 saturated carbocycles. The van der Waals surface area contributed by atoms with Crippen LogP contribution < -0.4 is 21.3 Å². The highest BCUT2D eigenvalue weighted by atomic mass is 19.4. The molecule has 2 fully saturated rings. The van der Waals surface area contributed by atoms with E-state index in [4.69, 9.17) is 0 Å². The zero-order valence-electron chi connectivity index (χ0n) is 17.3. The van der Waals surface area contributed by atoms with Gasteiger partial charge in [0, 0.05) is 25.6 Å². The zero-order chi connectivity index (χ0) is 23.3. The largest absolute Gasteiger partial charge is 0.393 e. The summed E-state index contributed by atoms with van der Waals surface area (Å²) in [5.74, 6) is -5.29. The van der Waals surface area contributed by atoms with E-state index in [1.54, 1.807) is 24.3 Å². The lowest BCUT2D eigenvalue weighted by molar-refractivity contribution is -0.169. The molecule has 1 unspecified atom stereocenters. The Morgan fingerprint density at radius 3 is 2.50 bits per heavy atom. The van der Waals surface area contributed by atoms with Crippen LogP contribution in [-0.2, 0) is 20.9 Å². The van der Waals surface area contributed by atoms with E-state index in [9.17, 15) is 32.7 Å². The Morgan fingerprint density at radius 2 is 1.91 bits per heavy atom. The average molecular weight is 456 g/mol. The molecular weight excluding hydrogens is 429 g/mol. The van der Waals surface area contributed by atoms with Crippen molar-refractivity contribution >= 4 is 17.7 Å². The molecule has 176 valence electrons. The van der Waals surface area contributed by atoms with Crippen LogP contribution in [0.2, 0.25) is 0 Å². The SMILES string of the molecule is O=C(NCc1ccccc1)C(O)[C@H](C[C@H]1CCNC1=O)C(=O)N[C@H]1C[C@@H](C(F)(F)F)CN1. The van der Waals surface area contributed by atoms with Gasteiger partial charge >= 0.3 is 6.18 Å². The highest BCUT2D eigenvalue weighted by Crippen LogP contribution is 2.32. The summed E-state index contributed by atoms with van der Waals surface area (Å²) >= 11 is 0. The molecule has 5 N–H and O–H groups in total. The molecule has 32 heavy (non-hydrogen) atoms. The van der Waals surface area contributed by atoms with E-state index in [1.807, 2.05) is 6.07 Å². The van der Waals surface area contributed by atoms with E-state index in [0.717, 1.165) is 5.56 Å². The van der Waals surface area contributed by atoms with Gasteiger partial charge in [0.2, 0.25) is 17.7 Å². The van der Waals surface area contributed by atoms with E-state index in [2.05, 4.69) is 21.3 Å². The predicted molar refractivity (Wildman–Crippen MR) is 108 cm³/mol. The van der Waals surface area contributed by atoms with E-state index < -0.39 is 48.0 Å². The van der Waals surface area contributed by atoms with Gasteiger partial charge in [0.1, 0.15) is 6.10 Å². The van der Waals surface area contributed by atoms with Gasteiger partial charge in [0.05, 0.1) is 18.0 Å². The third-order valence-electron chi connectivity index (χ3n) is 5.91. The topological polar surface area (TPSA) is 120 Å². The summed E-state index contributed by atoms with van der Waals surface area (Å²) < 4.78 is 38.7. The van der Waals surface area contributed by atoms with Gasteiger partial charge in [0.25, 0.3) is 0 Å². The molecule has 2 aliphatic rings. The minimum atomic E-state index is -4.38. The molecule has 1 aromatic rings. The zero-order valence-corrected chi connectivity index (χ0v) is 17.3. The number of carbonyl (C=O) groups excluding carboxylic acids is 3. The van der Waals surface area contributed by atoms with Crippen molar-refractivity contribution in [3.63, 3.8) is 0 Å². The second-order valence-electron chi connectivity index (χ2n) is 8.21. The van der Waals surface area contributed by atoms with Crippen molar-refractivity contribution in [3.05, 3.63) is 35.9 Å². The molecule has 0 aliphatic carbocycles. The van der Waals surface area contributed by atoms with Crippen LogP contribution in [0.1, 0.15) is 24.8 Å². The maximum absolute atomic E-state index is 12.9. The second-order valence-corrected chi connectivity index (χ2v) is 8.21. The number of halogens is 3. The number of alkyl halides is 3. The number of amides is 3. The summed E-state index contributed by atoms with van der Waals surface area (Å²) in [4.78, 5) is 37.4. The van der Waals surface area contributed by atoms with Crippen molar-refractivity contribution in [3.8, 4) is 0 Å². The van der Waals surface area contributed by atoms with E-state index >= 15 is 0 Å². The van der Waals surface area contributed by atoms with Crippen molar-refractivity contribution in [1.82, 2.24) is 21.3 Å². The van der Waals surface area contributed by atoms with Crippen molar-refractivity contribution in [2.24, 2.45) is 17.8 Å². The fourth-order valence-corrected chi connectivity index (χ4v) is 4.00. The number of hydrogen-bond donors (Lipinski definition) is 5. The molecule has 5 atom stereocenters. The molecule has 1 aromatic carbocycles. The van der Waals surface area contributed by atoms with Crippen molar-refractivity contribution in [2.75, 3.05) is 13.1 Å². The van der Waals surface area contributed by atoms with Crippen LogP contribution in [-0.4, -0.2) is 54.4 Å². The third kappa shape index (κ3) is 6.19. The van der Waals surface area contributed by atoms with Crippen LogP contribution in [0.3, 0.4) is 0 Å². The smallest absolute Gasteiger partial charge is 0.382 e. The fourth-order valence-electron chi connectivity index (χ4n) is 4.00. The minimum absolute atomic E-state index is 0.0903. The van der Waals surface area contributed by atoms with Crippen LogP contribution in [0, 0.1) is 17.8 Å². The molecule has 2 aliphatic heterocycles. The molecule has 3 rings (SSSR count). The number of aliphatic hydroxyl groups excluding tert-OH is 1. The average Bonchev–Trinajstić information content (AvgIpc) is 3.39. The first-order chi connectivity index (χ1) is 15.1. The number of nitrogens with one attached hydrogen (secondary N) is 4. The van der Waals surface area contributed by atoms with Crippen molar-refractivity contribution < 1.29 is 32.7 Å². The van der Waals surface area contributed by atoms with E-state index in [0.29, 0.717) is 13.0 Å². The first kappa shape index (κ1) is 24.0. The van der Waals surface area contributed by atoms with Gasteiger partial charge in [-0.05, 0) is 24.8 Å². The van der Waals surface area contributed by atoms with E-state index in [-0.39, 0.29) is 31.8 Å².